The van der Waals surface area contributed by atoms with Crippen molar-refractivity contribution in [3.63, 3.8) is 0 Å². The summed E-state index contributed by atoms with van der Waals surface area (Å²) in [5, 5.41) is 5.69. The molecule has 0 aliphatic rings. The summed E-state index contributed by atoms with van der Waals surface area (Å²) in [6, 6.07) is 14.4. The third-order valence-electron chi connectivity index (χ3n) is 3.37. The number of hydrogen-bond acceptors (Lipinski definition) is 2. The number of carbonyl (C=O) groups excluding carboxylic acids is 2. The van der Waals surface area contributed by atoms with Crippen LogP contribution in [0.1, 0.15) is 35.7 Å². The molecule has 0 radical (unpaired) electrons. The molecule has 0 aromatic heterocycles. The van der Waals surface area contributed by atoms with Gasteiger partial charge >= 0.3 is 0 Å². The first-order valence-corrected chi connectivity index (χ1v) is 7.77. The molecule has 0 bridgehead atoms. The number of benzene rings is 2. The summed E-state index contributed by atoms with van der Waals surface area (Å²) in [6.07, 6.45) is 0. The van der Waals surface area contributed by atoms with Crippen LogP contribution in [0.4, 0.5) is 5.69 Å². The second-order valence-corrected chi connectivity index (χ2v) is 5.90. The lowest BCUT2D eigenvalue weighted by molar-refractivity contribution is -0.115. The molecule has 0 saturated heterocycles. The van der Waals surface area contributed by atoms with Crippen molar-refractivity contribution in [1.82, 2.24) is 5.32 Å². The molecule has 2 aromatic carbocycles. The second kappa shape index (κ2) is 7.79. The average Bonchev–Trinajstić information content (AvgIpc) is 2.53. The predicted molar refractivity (Wildman–Crippen MR) is 92.9 cm³/mol. The lowest BCUT2D eigenvalue weighted by Crippen LogP contribution is -2.33. The molecule has 0 fully saturated rings. The van der Waals surface area contributed by atoms with E-state index in [9.17, 15) is 9.59 Å². The number of hydrogen-bond donors (Lipinski definition) is 2. The highest BCUT2D eigenvalue weighted by Gasteiger charge is 2.11. The summed E-state index contributed by atoms with van der Waals surface area (Å²) in [7, 11) is 0. The van der Waals surface area contributed by atoms with Gasteiger partial charge in [0.1, 0.15) is 0 Å². The van der Waals surface area contributed by atoms with Crippen molar-refractivity contribution >= 4 is 29.1 Å². The van der Waals surface area contributed by atoms with Crippen LogP contribution in [0.3, 0.4) is 0 Å². The first-order chi connectivity index (χ1) is 11.0. The molecule has 0 atom stereocenters. The maximum Gasteiger partial charge on any atom is 0.253 e. The fourth-order valence-electron chi connectivity index (χ4n) is 2.08. The molecule has 0 heterocycles. The molecule has 0 unspecified atom stereocenters. The van der Waals surface area contributed by atoms with E-state index in [-0.39, 0.29) is 18.4 Å². The minimum Gasteiger partial charge on any atom is -0.343 e. The zero-order chi connectivity index (χ0) is 16.8. The fraction of sp³-hybridized carbons (Fsp3) is 0.222. The second-order valence-electron chi connectivity index (χ2n) is 5.49. The van der Waals surface area contributed by atoms with Crippen LogP contribution in [0.15, 0.2) is 48.5 Å². The maximum atomic E-state index is 12.0. The van der Waals surface area contributed by atoms with Gasteiger partial charge < -0.3 is 10.6 Å². The lowest BCUT2D eigenvalue weighted by atomic mass is 10.0. The van der Waals surface area contributed by atoms with Crippen molar-refractivity contribution in [2.24, 2.45) is 0 Å². The van der Waals surface area contributed by atoms with E-state index in [0.29, 0.717) is 22.2 Å². The first kappa shape index (κ1) is 17.0. The highest BCUT2D eigenvalue weighted by Crippen LogP contribution is 2.18. The Balaban J connectivity index is 1.92. The predicted octanol–water partition coefficient (Wildman–Crippen LogP) is 3.83. The van der Waals surface area contributed by atoms with Gasteiger partial charge in [-0.3, -0.25) is 9.59 Å². The molecule has 23 heavy (non-hydrogen) atoms. The Morgan fingerprint density at radius 3 is 2.52 bits per heavy atom. The summed E-state index contributed by atoms with van der Waals surface area (Å²) in [5.74, 6) is -0.278. The Kier molecular flexibility index (Phi) is 5.77. The van der Waals surface area contributed by atoms with Crippen LogP contribution in [0.25, 0.3) is 0 Å². The van der Waals surface area contributed by atoms with Crippen LogP contribution in [-0.2, 0) is 4.79 Å². The number of halogens is 1. The molecule has 5 heteroatoms. The summed E-state index contributed by atoms with van der Waals surface area (Å²) in [5.41, 5.74) is 2.21. The van der Waals surface area contributed by atoms with Gasteiger partial charge in [-0.2, -0.15) is 0 Å². The van der Waals surface area contributed by atoms with E-state index < -0.39 is 0 Å². The van der Waals surface area contributed by atoms with E-state index in [1.807, 2.05) is 24.3 Å². The Bertz CT molecular complexity index is 714. The van der Waals surface area contributed by atoms with E-state index >= 15 is 0 Å². The Morgan fingerprint density at radius 1 is 1.09 bits per heavy atom. The number of anilines is 1. The summed E-state index contributed by atoms with van der Waals surface area (Å²) < 4.78 is 0. The van der Waals surface area contributed by atoms with Crippen molar-refractivity contribution in [2.75, 3.05) is 11.9 Å². The minimum atomic E-state index is -0.373. The average molecular weight is 331 g/mol. The van der Waals surface area contributed by atoms with Crippen LogP contribution >= 0.6 is 11.6 Å². The van der Waals surface area contributed by atoms with Gasteiger partial charge in [-0.15, -0.1) is 0 Å². The largest absolute Gasteiger partial charge is 0.343 e. The van der Waals surface area contributed by atoms with E-state index in [2.05, 4.69) is 24.5 Å². The molecular formula is C18H19ClN2O2. The van der Waals surface area contributed by atoms with Crippen LogP contribution in [0.2, 0.25) is 5.02 Å². The molecule has 0 spiro atoms. The van der Waals surface area contributed by atoms with Gasteiger partial charge in [-0.25, -0.2) is 0 Å². The van der Waals surface area contributed by atoms with Crippen LogP contribution in [-0.4, -0.2) is 18.4 Å². The third kappa shape index (κ3) is 4.83. The molecule has 2 N–H and O–H groups in total. The smallest absolute Gasteiger partial charge is 0.253 e. The molecule has 4 nitrogen and oxygen atoms in total. The zero-order valence-electron chi connectivity index (χ0n) is 13.1. The molecule has 2 aromatic rings. The highest BCUT2D eigenvalue weighted by molar-refractivity contribution is 6.33. The fourth-order valence-corrected chi connectivity index (χ4v) is 2.30. The van der Waals surface area contributed by atoms with Gasteiger partial charge in [-0.05, 0) is 35.7 Å². The Hall–Kier alpha value is -2.33. The van der Waals surface area contributed by atoms with Gasteiger partial charge in [0.2, 0.25) is 5.91 Å². The summed E-state index contributed by atoms with van der Waals surface area (Å²) in [6.45, 7) is 4.06. The van der Waals surface area contributed by atoms with Gasteiger partial charge in [0.05, 0.1) is 17.1 Å². The van der Waals surface area contributed by atoms with E-state index in [0.717, 1.165) is 5.56 Å². The standard InChI is InChI=1S/C18H19ClN2O2/c1-12(2)13-6-5-7-14(10-13)21-17(22)11-20-18(23)15-8-3-4-9-16(15)19/h3-10,12H,11H2,1-2H3,(H,20,23)(H,21,22). The molecule has 2 rings (SSSR count). The Morgan fingerprint density at radius 2 is 1.83 bits per heavy atom. The van der Waals surface area contributed by atoms with E-state index in [1.54, 1.807) is 24.3 Å². The van der Waals surface area contributed by atoms with Gasteiger partial charge in [0, 0.05) is 5.69 Å². The maximum absolute atomic E-state index is 12.0. The zero-order valence-corrected chi connectivity index (χ0v) is 13.9. The molecule has 0 saturated carbocycles. The van der Waals surface area contributed by atoms with Crippen LogP contribution in [0, 0.1) is 0 Å². The van der Waals surface area contributed by atoms with Crippen molar-refractivity contribution in [2.45, 2.75) is 19.8 Å². The summed E-state index contributed by atoms with van der Waals surface area (Å²) in [4.78, 5) is 23.9. The summed E-state index contributed by atoms with van der Waals surface area (Å²) >= 11 is 5.95. The lowest BCUT2D eigenvalue weighted by Gasteiger charge is -2.10. The van der Waals surface area contributed by atoms with Crippen LogP contribution < -0.4 is 10.6 Å². The van der Waals surface area contributed by atoms with Gasteiger partial charge in [0.15, 0.2) is 0 Å². The monoisotopic (exact) mass is 330 g/mol. The number of amides is 2. The molecule has 2 amide bonds. The van der Waals surface area contributed by atoms with Gasteiger partial charge in [0.25, 0.3) is 5.91 Å². The van der Waals surface area contributed by atoms with Crippen molar-refractivity contribution < 1.29 is 9.59 Å². The molecule has 0 aliphatic heterocycles. The molecular weight excluding hydrogens is 312 g/mol. The van der Waals surface area contributed by atoms with Gasteiger partial charge in [-0.1, -0.05) is 49.7 Å². The molecule has 120 valence electrons. The third-order valence-corrected chi connectivity index (χ3v) is 3.69. The topological polar surface area (TPSA) is 58.2 Å². The first-order valence-electron chi connectivity index (χ1n) is 7.40. The number of rotatable bonds is 5. The van der Waals surface area contributed by atoms with Crippen molar-refractivity contribution in [3.8, 4) is 0 Å². The van der Waals surface area contributed by atoms with E-state index in [4.69, 9.17) is 11.6 Å². The van der Waals surface area contributed by atoms with E-state index in [1.165, 1.54) is 0 Å². The SMILES string of the molecule is CC(C)c1cccc(NC(=O)CNC(=O)c2ccccc2Cl)c1. The van der Waals surface area contributed by atoms with Crippen LogP contribution in [0.5, 0.6) is 0 Å². The normalized spacial score (nSPS) is 10.4. The Labute approximate surface area is 140 Å². The van der Waals surface area contributed by atoms with Crippen molar-refractivity contribution in [1.29, 1.82) is 0 Å². The molecule has 0 aliphatic carbocycles. The number of nitrogens with one attached hydrogen (secondary N) is 2. The van der Waals surface area contributed by atoms with Crippen molar-refractivity contribution in [3.05, 3.63) is 64.7 Å². The quantitative estimate of drug-likeness (QED) is 0.875. The minimum absolute atomic E-state index is 0.115. The highest BCUT2D eigenvalue weighted by atomic mass is 35.5. The number of carbonyl (C=O) groups is 2.